The Hall–Kier alpha value is -2.22. The van der Waals surface area contributed by atoms with Gasteiger partial charge in [-0.1, -0.05) is 19.1 Å². The Labute approximate surface area is 145 Å². The summed E-state index contributed by atoms with van der Waals surface area (Å²) in [6.45, 7) is 1.64. The molecule has 1 aliphatic carbocycles. The predicted octanol–water partition coefficient (Wildman–Crippen LogP) is 0.377. The van der Waals surface area contributed by atoms with Crippen molar-refractivity contribution in [2.75, 3.05) is 16.8 Å². The SMILES string of the molecule is C[C@]12C(=O)c3ccccc3NC(=O)[C@H]1[C@H]2C(=O)N[C@H]1CCS(=O)(=O)C1. The second-order valence-electron chi connectivity index (χ2n) is 7.21. The van der Waals surface area contributed by atoms with Gasteiger partial charge in [0.25, 0.3) is 0 Å². The molecule has 0 bridgehead atoms. The summed E-state index contributed by atoms with van der Waals surface area (Å²) in [5.41, 5.74) is -0.218. The summed E-state index contributed by atoms with van der Waals surface area (Å²) >= 11 is 0. The normalized spacial score (nSPS) is 35.2. The van der Waals surface area contributed by atoms with E-state index >= 15 is 0 Å². The Kier molecular flexibility index (Phi) is 3.34. The number of para-hydroxylation sites is 1. The van der Waals surface area contributed by atoms with Crippen molar-refractivity contribution in [1.29, 1.82) is 0 Å². The van der Waals surface area contributed by atoms with Crippen LogP contribution in [0.2, 0.25) is 0 Å². The van der Waals surface area contributed by atoms with Crippen LogP contribution in [0.4, 0.5) is 5.69 Å². The van der Waals surface area contributed by atoms with E-state index in [1.165, 1.54) is 0 Å². The molecule has 0 unspecified atom stereocenters. The average Bonchev–Trinajstić information content (AvgIpc) is 3.08. The van der Waals surface area contributed by atoms with Gasteiger partial charge in [-0.15, -0.1) is 0 Å². The van der Waals surface area contributed by atoms with Gasteiger partial charge in [0.05, 0.1) is 34.4 Å². The zero-order valence-electron chi connectivity index (χ0n) is 13.6. The Morgan fingerprint density at radius 2 is 2.00 bits per heavy atom. The molecule has 0 radical (unpaired) electrons. The third kappa shape index (κ3) is 2.38. The lowest BCUT2D eigenvalue weighted by molar-refractivity contribution is -0.125. The fourth-order valence-electron chi connectivity index (χ4n) is 4.13. The Bertz CT molecular complexity index is 909. The van der Waals surface area contributed by atoms with Crippen molar-refractivity contribution in [1.82, 2.24) is 5.32 Å². The second-order valence-corrected chi connectivity index (χ2v) is 9.44. The first-order valence-corrected chi connectivity index (χ1v) is 10.0. The van der Waals surface area contributed by atoms with E-state index in [1.807, 2.05) is 0 Å². The van der Waals surface area contributed by atoms with Crippen LogP contribution in [0.15, 0.2) is 24.3 Å². The van der Waals surface area contributed by atoms with Gasteiger partial charge in [0.15, 0.2) is 15.6 Å². The summed E-state index contributed by atoms with van der Waals surface area (Å²) in [4.78, 5) is 38.0. The third-order valence-corrected chi connectivity index (χ3v) is 7.35. The lowest BCUT2D eigenvalue weighted by atomic mass is 9.92. The highest BCUT2D eigenvalue weighted by molar-refractivity contribution is 7.91. The quantitative estimate of drug-likeness (QED) is 0.790. The third-order valence-electron chi connectivity index (χ3n) is 5.58. The smallest absolute Gasteiger partial charge is 0.229 e. The van der Waals surface area contributed by atoms with E-state index in [0.29, 0.717) is 17.7 Å². The van der Waals surface area contributed by atoms with Gasteiger partial charge in [0.2, 0.25) is 11.8 Å². The number of carbonyl (C=O) groups excluding carboxylic acids is 3. The number of ketones is 1. The van der Waals surface area contributed by atoms with Gasteiger partial charge in [-0.2, -0.15) is 0 Å². The van der Waals surface area contributed by atoms with Crippen LogP contribution < -0.4 is 10.6 Å². The number of Topliss-reactive ketones (excluding diaryl/α,β-unsaturated/α-hetero) is 1. The zero-order valence-corrected chi connectivity index (χ0v) is 14.4. The van der Waals surface area contributed by atoms with E-state index in [9.17, 15) is 22.8 Å². The van der Waals surface area contributed by atoms with E-state index in [0.717, 1.165) is 0 Å². The summed E-state index contributed by atoms with van der Waals surface area (Å²) in [5.74, 6) is -2.53. The lowest BCUT2D eigenvalue weighted by Gasteiger charge is -2.14. The van der Waals surface area contributed by atoms with E-state index in [-0.39, 0.29) is 23.2 Å². The highest BCUT2D eigenvalue weighted by atomic mass is 32.2. The van der Waals surface area contributed by atoms with Crippen molar-refractivity contribution < 1.29 is 22.8 Å². The van der Waals surface area contributed by atoms with E-state index in [4.69, 9.17) is 0 Å². The summed E-state index contributed by atoms with van der Waals surface area (Å²) in [6.07, 6.45) is 0.366. The highest BCUT2D eigenvalue weighted by Gasteiger charge is 2.73. The molecule has 3 aliphatic rings. The summed E-state index contributed by atoms with van der Waals surface area (Å²) in [5, 5.41) is 5.44. The Morgan fingerprint density at radius 1 is 1.28 bits per heavy atom. The van der Waals surface area contributed by atoms with Crippen LogP contribution in [0.5, 0.6) is 0 Å². The van der Waals surface area contributed by atoms with Crippen LogP contribution in [0, 0.1) is 17.3 Å². The largest absolute Gasteiger partial charge is 0.352 e. The summed E-state index contributed by atoms with van der Waals surface area (Å²) < 4.78 is 23.1. The Balaban J connectivity index is 1.59. The molecule has 1 saturated carbocycles. The zero-order chi connectivity index (χ0) is 18.0. The van der Waals surface area contributed by atoms with Crippen molar-refractivity contribution in [3.8, 4) is 0 Å². The maximum Gasteiger partial charge on any atom is 0.229 e. The predicted molar refractivity (Wildman–Crippen MR) is 89.7 cm³/mol. The van der Waals surface area contributed by atoms with Gasteiger partial charge in [0.1, 0.15) is 0 Å². The van der Waals surface area contributed by atoms with E-state index in [2.05, 4.69) is 10.6 Å². The first-order valence-electron chi connectivity index (χ1n) is 8.19. The van der Waals surface area contributed by atoms with Crippen molar-refractivity contribution in [2.24, 2.45) is 17.3 Å². The van der Waals surface area contributed by atoms with Crippen LogP contribution in [0.25, 0.3) is 0 Å². The van der Waals surface area contributed by atoms with Crippen LogP contribution in [-0.2, 0) is 19.4 Å². The molecule has 8 heteroatoms. The number of carbonyl (C=O) groups is 3. The maximum atomic E-state index is 12.9. The molecule has 1 saturated heterocycles. The van der Waals surface area contributed by atoms with Gasteiger partial charge in [0, 0.05) is 11.6 Å². The number of amides is 2. The van der Waals surface area contributed by atoms with Gasteiger partial charge in [-0.25, -0.2) is 8.42 Å². The minimum absolute atomic E-state index is 0.0517. The first kappa shape index (κ1) is 16.3. The molecule has 1 aromatic rings. The fourth-order valence-corrected chi connectivity index (χ4v) is 5.81. The minimum Gasteiger partial charge on any atom is -0.352 e. The number of rotatable bonds is 2. The number of sulfone groups is 1. The van der Waals surface area contributed by atoms with Gasteiger partial charge >= 0.3 is 0 Å². The molecular formula is C17H18N2O5S. The molecule has 2 N–H and O–H groups in total. The van der Waals surface area contributed by atoms with Crippen LogP contribution in [-0.4, -0.2) is 43.6 Å². The monoisotopic (exact) mass is 362 g/mol. The van der Waals surface area contributed by atoms with Crippen LogP contribution >= 0.6 is 0 Å². The van der Waals surface area contributed by atoms with Crippen molar-refractivity contribution in [3.05, 3.63) is 29.8 Å². The minimum atomic E-state index is -3.12. The standard InChI is InChI=1S/C17H18N2O5S/c1-17-12(15(21)18-9-6-7-25(23,24)8-9)13(17)16(22)19-11-5-3-2-4-10(11)14(17)20/h2-5,9,12-13H,6-8H2,1H3,(H,18,21)(H,19,22)/t9-,12-,13+,17+/m0/s1. The highest BCUT2D eigenvalue weighted by Crippen LogP contribution is 2.62. The van der Waals surface area contributed by atoms with Crippen molar-refractivity contribution in [2.45, 2.75) is 19.4 Å². The molecule has 7 nitrogen and oxygen atoms in total. The molecule has 4 atom stereocenters. The number of hydrogen-bond donors (Lipinski definition) is 2. The Morgan fingerprint density at radius 3 is 2.68 bits per heavy atom. The molecule has 2 fully saturated rings. The first-order chi connectivity index (χ1) is 11.7. The molecule has 132 valence electrons. The lowest BCUT2D eigenvalue weighted by Crippen LogP contribution is -2.38. The average molecular weight is 362 g/mol. The molecule has 1 aromatic carbocycles. The molecule has 25 heavy (non-hydrogen) atoms. The molecule has 2 aliphatic heterocycles. The van der Waals surface area contributed by atoms with Gasteiger partial charge in [-0.3, -0.25) is 14.4 Å². The second kappa shape index (κ2) is 5.14. The number of hydrogen-bond acceptors (Lipinski definition) is 5. The molecule has 2 heterocycles. The van der Waals surface area contributed by atoms with Gasteiger partial charge < -0.3 is 10.6 Å². The number of anilines is 1. The maximum absolute atomic E-state index is 12.9. The number of nitrogens with one attached hydrogen (secondary N) is 2. The molecule has 4 rings (SSSR count). The van der Waals surface area contributed by atoms with E-state index < -0.39 is 39.0 Å². The van der Waals surface area contributed by atoms with Crippen LogP contribution in [0.3, 0.4) is 0 Å². The van der Waals surface area contributed by atoms with Crippen molar-refractivity contribution >= 4 is 33.1 Å². The fraction of sp³-hybridized carbons (Fsp3) is 0.471. The molecule has 0 aromatic heterocycles. The summed E-state index contributed by atoms with van der Waals surface area (Å²) in [6, 6.07) is 6.31. The van der Waals surface area contributed by atoms with Crippen LogP contribution in [0.1, 0.15) is 23.7 Å². The van der Waals surface area contributed by atoms with Gasteiger partial charge in [-0.05, 0) is 18.6 Å². The number of fused-ring (bicyclic) bond motifs is 2. The molecular weight excluding hydrogens is 344 g/mol. The molecule has 0 spiro atoms. The topological polar surface area (TPSA) is 109 Å². The number of benzene rings is 1. The summed E-state index contributed by atoms with van der Waals surface area (Å²) in [7, 11) is -3.12. The van der Waals surface area contributed by atoms with Crippen molar-refractivity contribution in [3.63, 3.8) is 0 Å². The van der Waals surface area contributed by atoms with E-state index in [1.54, 1.807) is 31.2 Å². The molecule has 2 amide bonds.